The second-order valence-corrected chi connectivity index (χ2v) is 11.4. The summed E-state index contributed by atoms with van der Waals surface area (Å²) in [5.74, 6) is -0.0878. The third-order valence-corrected chi connectivity index (χ3v) is 8.88. The van der Waals surface area contributed by atoms with Crippen molar-refractivity contribution in [3.63, 3.8) is 0 Å². The third kappa shape index (κ3) is 4.90. The maximum atomic E-state index is 13.7. The van der Waals surface area contributed by atoms with Crippen LogP contribution in [-0.4, -0.2) is 47.9 Å². The van der Waals surface area contributed by atoms with Gasteiger partial charge in [0.05, 0.1) is 16.6 Å². The molecule has 0 saturated carbocycles. The van der Waals surface area contributed by atoms with E-state index < -0.39 is 0 Å². The number of aromatic nitrogens is 1. The zero-order chi connectivity index (χ0) is 26.1. The van der Waals surface area contributed by atoms with Crippen molar-refractivity contribution >= 4 is 29.1 Å². The maximum Gasteiger partial charge on any atom is 0.253 e. The van der Waals surface area contributed by atoms with E-state index in [2.05, 4.69) is 33.4 Å². The topological polar surface area (TPSA) is 65.5 Å². The highest BCUT2D eigenvalue weighted by Gasteiger charge is 2.43. The molecule has 2 aromatic carbocycles. The number of rotatable bonds is 4. The lowest BCUT2D eigenvalue weighted by Crippen LogP contribution is -2.45. The number of hydrogen-bond acceptors (Lipinski definition) is 4. The molecule has 6 rings (SSSR count). The van der Waals surface area contributed by atoms with Crippen molar-refractivity contribution in [2.24, 2.45) is 5.41 Å². The van der Waals surface area contributed by atoms with Crippen LogP contribution in [0.4, 0.5) is 5.69 Å². The molecule has 1 unspecified atom stereocenters. The number of anilines is 1. The Morgan fingerprint density at radius 1 is 0.974 bits per heavy atom. The molecule has 3 aromatic rings. The van der Waals surface area contributed by atoms with Crippen molar-refractivity contribution in [1.82, 2.24) is 15.2 Å². The van der Waals surface area contributed by atoms with Gasteiger partial charge in [-0.15, -0.1) is 0 Å². The number of aryl methyl sites for hydroxylation is 1. The molecule has 2 aliphatic heterocycles. The number of piperidine rings is 1. The Morgan fingerprint density at radius 2 is 1.82 bits per heavy atom. The Labute approximate surface area is 229 Å². The third-order valence-electron chi connectivity index (χ3n) is 8.55. The Balaban J connectivity index is 1.17. The van der Waals surface area contributed by atoms with Crippen LogP contribution in [0.5, 0.6) is 0 Å². The van der Waals surface area contributed by atoms with Crippen molar-refractivity contribution < 1.29 is 9.59 Å². The predicted molar refractivity (Wildman–Crippen MR) is 150 cm³/mol. The second kappa shape index (κ2) is 10.4. The Kier molecular flexibility index (Phi) is 6.83. The van der Waals surface area contributed by atoms with Gasteiger partial charge in [-0.2, -0.15) is 0 Å². The zero-order valence-corrected chi connectivity index (χ0v) is 22.3. The lowest BCUT2D eigenvalue weighted by Gasteiger charge is -2.41. The van der Waals surface area contributed by atoms with Crippen LogP contribution in [0.15, 0.2) is 67.0 Å². The Morgan fingerprint density at radius 3 is 2.66 bits per heavy atom. The quantitative estimate of drug-likeness (QED) is 0.473. The van der Waals surface area contributed by atoms with Gasteiger partial charge < -0.3 is 15.1 Å². The van der Waals surface area contributed by atoms with Crippen LogP contribution in [0, 0.1) is 5.41 Å². The van der Waals surface area contributed by atoms with E-state index in [1.54, 1.807) is 12.1 Å². The molecule has 3 heterocycles. The van der Waals surface area contributed by atoms with E-state index >= 15 is 0 Å². The molecule has 0 radical (unpaired) electrons. The average Bonchev–Trinajstić information content (AvgIpc) is 3.36. The van der Waals surface area contributed by atoms with Crippen LogP contribution in [0.2, 0.25) is 5.02 Å². The van der Waals surface area contributed by atoms with Gasteiger partial charge in [-0.25, -0.2) is 0 Å². The molecule has 2 saturated heterocycles. The van der Waals surface area contributed by atoms with Gasteiger partial charge in [-0.3, -0.25) is 14.6 Å². The lowest BCUT2D eigenvalue weighted by molar-refractivity contribution is 0.0767. The maximum absolute atomic E-state index is 13.7. The van der Waals surface area contributed by atoms with Crippen molar-refractivity contribution in [3.05, 3.63) is 94.3 Å². The predicted octanol–water partition coefficient (Wildman–Crippen LogP) is 5.68. The fraction of sp³-hybridized carbons (Fsp3) is 0.387. The molecule has 1 aliphatic carbocycles. The number of halogens is 1. The summed E-state index contributed by atoms with van der Waals surface area (Å²) >= 11 is 6.27. The largest absolute Gasteiger partial charge is 0.371 e. The second-order valence-electron chi connectivity index (χ2n) is 11.0. The number of carbonyl (C=O) groups is 2. The van der Waals surface area contributed by atoms with E-state index in [1.165, 1.54) is 11.3 Å². The van der Waals surface area contributed by atoms with Crippen molar-refractivity contribution in [1.29, 1.82) is 0 Å². The summed E-state index contributed by atoms with van der Waals surface area (Å²) in [7, 11) is 0. The smallest absolute Gasteiger partial charge is 0.253 e. The minimum atomic E-state index is -0.178. The zero-order valence-electron chi connectivity index (χ0n) is 21.5. The number of hydrogen-bond donors (Lipinski definition) is 1. The Bertz CT molecular complexity index is 1350. The van der Waals surface area contributed by atoms with Crippen LogP contribution in [0.25, 0.3) is 0 Å². The first-order valence-electron chi connectivity index (χ1n) is 13.6. The standard InChI is InChI=1S/C31H33ClN4O2/c32-27-7-2-1-6-25(27)29(37)34-28-8-3-5-22-9-10-23(19-26(22)28)30(38)36-18-14-31(21-36)13-4-17-35(20-31)24-11-15-33-16-12-24/h1-2,6-7,9-12,15-16,19,28H,3-5,8,13-14,17-18,20-21H2,(H,34,37)/t28-,31?/m1/s1. The molecule has 38 heavy (non-hydrogen) atoms. The molecule has 2 atom stereocenters. The first-order chi connectivity index (χ1) is 18.5. The summed E-state index contributed by atoms with van der Waals surface area (Å²) in [6.07, 6.45) is 9.81. The summed E-state index contributed by atoms with van der Waals surface area (Å²) in [5, 5.41) is 3.62. The number of nitrogens with zero attached hydrogens (tertiary/aromatic N) is 3. The fourth-order valence-electron chi connectivity index (χ4n) is 6.57. The van der Waals surface area contributed by atoms with Gasteiger partial charge in [-0.05, 0) is 86.1 Å². The van der Waals surface area contributed by atoms with Crippen LogP contribution >= 0.6 is 11.6 Å². The molecular formula is C31H33ClN4O2. The number of pyridine rings is 1. The van der Waals surface area contributed by atoms with E-state index in [9.17, 15) is 9.59 Å². The number of carbonyl (C=O) groups excluding carboxylic acids is 2. The van der Waals surface area contributed by atoms with E-state index in [4.69, 9.17) is 11.6 Å². The van der Waals surface area contributed by atoms with Crippen LogP contribution in [0.1, 0.15) is 70.0 Å². The molecule has 7 heteroatoms. The molecule has 1 aromatic heterocycles. The van der Waals surface area contributed by atoms with Gasteiger partial charge >= 0.3 is 0 Å². The molecule has 3 aliphatic rings. The molecule has 1 N–H and O–H groups in total. The first-order valence-corrected chi connectivity index (χ1v) is 14.0. The van der Waals surface area contributed by atoms with E-state index in [0.29, 0.717) is 16.1 Å². The van der Waals surface area contributed by atoms with Gasteiger partial charge in [0, 0.05) is 55.2 Å². The summed E-state index contributed by atoms with van der Waals surface area (Å²) in [6.45, 7) is 3.59. The summed E-state index contributed by atoms with van der Waals surface area (Å²) in [4.78, 5) is 35.3. The Hall–Kier alpha value is -3.38. The van der Waals surface area contributed by atoms with Crippen molar-refractivity contribution in [2.45, 2.75) is 44.6 Å². The number of likely N-dealkylation sites (tertiary alicyclic amines) is 1. The summed E-state index contributed by atoms with van der Waals surface area (Å²) < 4.78 is 0. The summed E-state index contributed by atoms with van der Waals surface area (Å²) in [5.41, 5.74) is 4.79. The highest BCUT2D eigenvalue weighted by atomic mass is 35.5. The van der Waals surface area contributed by atoms with Crippen LogP contribution in [0.3, 0.4) is 0 Å². The number of benzene rings is 2. The highest BCUT2D eigenvalue weighted by Crippen LogP contribution is 2.41. The van der Waals surface area contributed by atoms with Gasteiger partial charge in [0.2, 0.25) is 0 Å². The molecule has 0 bridgehead atoms. The fourth-order valence-corrected chi connectivity index (χ4v) is 6.79. The lowest BCUT2D eigenvalue weighted by atomic mass is 9.79. The number of nitrogens with one attached hydrogen (secondary N) is 1. The van der Waals surface area contributed by atoms with E-state index in [-0.39, 0.29) is 23.3 Å². The van der Waals surface area contributed by atoms with Crippen molar-refractivity contribution in [3.8, 4) is 0 Å². The van der Waals surface area contributed by atoms with Crippen LogP contribution < -0.4 is 10.2 Å². The van der Waals surface area contributed by atoms with Crippen molar-refractivity contribution in [2.75, 3.05) is 31.1 Å². The normalized spacial score (nSPS) is 22.8. The monoisotopic (exact) mass is 528 g/mol. The van der Waals surface area contributed by atoms with Gasteiger partial charge in [0.25, 0.3) is 11.8 Å². The van der Waals surface area contributed by atoms with E-state index in [1.807, 2.05) is 41.6 Å². The average molecular weight is 529 g/mol. The molecule has 1 spiro atoms. The van der Waals surface area contributed by atoms with Gasteiger partial charge in [0.1, 0.15) is 0 Å². The molecule has 6 nitrogen and oxygen atoms in total. The van der Waals surface area contributed by atoms with Gasteiger partial charge in [-0.1, -0.05) is 29.8 Å². The molecular weight excluding hydrogens is 496 g/mol. The molecule has 196 valence electrons. The van der Waals surface area contributed by atoms with Gasteiger partial charge in [0.15, 0.2) is 0 Å². The van der Waals surface area contributed by atoms with E-state index in [0.717, 1.165) is 70.3 Å². The summed E-state index contributed by atoms with van der Waals surface area (Å²) in [6, 6.07) is 17.2. The van der Waals surface area contributed by atoms with Crippen LogP contribution in [-0.2, 0) is 6.42 Å². The SMILES string of the molecule is O=C(N[C@@H]1CCCc2ccc(C(=O)N3CCC4(CCCN(c5ccncc5)C4)C3)cc21)c1ccccc1Cl. The highest BCUT2D eigenvalue weighted by molar-refractivity contribution is 6.33. The number of fused-ring (bicyclic) bond motifs is 1. The molecule has 2 fully saturated rings. The minimum Gasteiger partial charge on any atom is -0.371 e. The first kappa shape index (κ1) is 24.9. The number of amides is 2. The minimum absolute atomic E-state index is 0.0902. The molecule has 2 amide bonds.